The molecule has 0 aliphatic carbocycles. The van der Waals surface area contributed by atoms with Crippen LogP contribution in [0.3, 0.4) is 0 Å². The first-order chi connectivity index (χ1) is 7.75. The lowest BCUT2D eigenvalue weighted by molar-refractivity contribution is 1.15. The molecular weight excluding hydrogens is 234 g/mol. The number of nitrogens with one attached hydrogen (secondary N) is 1. The number of hydrogen-bond donors (Lipinski definition) is 3. The van der Waals surface area contributed by atoms with Crippen molar-refractivity contribution in [3.05, 3.63) is 54.1 Å². The number of benzene rings is 2. The normalized spacial score (nSPS) is 9.41. The Morgan fingerprint density at radius 1 is 0.941 bits per heavy atom. The van der Waals surface area contributed by atoms with Gasteiger partial charge in [-0.1, -0.05) is 18.2 Å². The molecule has 0 bridgehead atoms. The van der Waals surface area contributed by atoms with Crippen LogP contribution in [-0.4, -0.2) is 0 Å². The number of nitrogen functional groups attached to an aromatic ring is 2. The highest BCUT2D eigenvalue weighted by Crippen LogP contribution is 2.17. The Bertz CT molecular complexity index is 471. The van der Waals surface area contributed by atoms with Crippen LogP contribution in [0.2, 0.25) is 0 Å². The summed E-state index contributed by atoms with van der Waals surface area (Å²) in [5.41, 5.74) is 15.2. The van der Waals surface area contributed by atoms with Crippen molar-refractivity contribution in [3.8, 4) is 0 Å². The van der Waals surface area contributed by atoms with Crippen LogP contribution in [-0.2, 0) is 6.54 Å². The van der Waals surface area contributed by atoms with E-state index in [2.05, 4.69) is 5.32 Å². The largest absolute Gasteiger partial charge is 0.399 e. The van der Waals surface area contributed by atoms with Crippen molar-refractivity contribution in [2.24, 2.45) is 0 Å². The fraction of sp³-hybridized carbons (Fsp3) is 0.0769. The Hall–Kier alpha value is -1.87. The van der Waals surface area contributed by atoms with Crippen LogP contribution < -0.4 is 16.8 Å². The summed E-state index contributed by atoms with van der Waals surface area (Å²) >= 11 is 0. The average molecular weight is 250 g/mol. The van der Waals surface area contributed by atoms with Crippen molar-refractivity contribution >= 4 is 29.5 Å². The molecule has 4 heteroatoms. The summed E-state index contributed by atoms with van der Waals surface area (Å²) in [5, 5.41) is 3.29. The number of hydrogen-bond acceptors (Lipinski definition) is 3. The topological polar surface area (TPSA) is 64.1 Å². The van der Waals surface area contributed by atoms with Gasteiger partial charge >= 0.3 is 0 Å². The van der Waals surface area contributed by atoms with E-state index in [0.29, 0.717) is 6.54 Å². The van der Waals surface area contributed by atoms with Gasteiger partial charge in [0.1, 0.15) is 0 Å². The molecule has 0 atom stereocenters. The molecule has 2 aromatic carbocycles. The van der Waals surface area contributed by atoms with Crippen molar-refractivity contribution in [1.82, 2.24) is 0 Å². The zero-order valence-electron chi connectivity index (χ0n) is 9.39. The predicted octanol–water partition coefficient (Wildman–Crippen LogP) is 2.88. The van der Waals surface area contributed by atoms with Gasteiger partial charge in [-0.3, -0.25) is 0 Å². The third kappa shape index (κ3) is 3.57. The molecular formula is C13H16ClN3. The van der Waals surface area contributed by atoms with Crippen molar-refractivity contribution in [2.75, 3.05) is 16.8 Å². The molecule has 2 aromatic rings. The molecule has 3 nitrogen and oxygen atoms in total. The van der Waals surface area contributed by atoms with Gasteiger partial charge in [-0.05, 0) is 35.9 Å². The molecule has 0 heterocycles. The molecule has 0 fully saturated rings. The third-order valence-corrected chi connectivity index (χ3v) is 2.42. The standard InChI is InChI=1S/C13H15N3.ClH/c14-11-6-7-13(15)10(8-11)9-16-12-4-2-1-3-5-12;/h1-8,16H,9,14-15H2;1H. The quantitative estimate of drug-likeness (QED) is 0.733. The van der Waals surface area contributed by atoms with Gasteiger partial charge in [-0.2, -0.15) is 0 Å². The predicted molar refractivity (Wildman–Crippen MR) is 76.3 cm³/mol. The summed E-state index contributed by atoms with van der Waals surface area (Å²) in [5.74, 6) is 0. The van der Waals surface area contributed by atoms with Crippen LogP contribution in [0.25, 0.3) is 0 Å². The van der Waals surface area contributed by atoms with Crippen LogP contribution in [0.5, 0.6) is 0 Å². The summed E-state index contributed by atoms with van der Waals surface area (Å²) in [6.45, 7) is 0.681. The zero-order chi connectivity index (χ0) is 11.4. The summed E-state index contributed by atoms with van der Waals surface area (Å²) < 4.78 is 0. The second-order valence-corrected chi connectivity index (χ2v) is 3.68. The molecule has 0 amide bonds. The molecule has 0 aliphatic rings. The van der Waals surface area contributed by atoms with E-state index in [1.165, 1.54) is 0 Å². The molecule has 0 saturated heterocycles. The van der Waals surface area contributed by atoms with E-state index in [9.17, 15) is 0 Å². The lowest BCUT2D eigenvalue weighted by Crippen LogP contribution is -2.03. The highest BCUT2D eigenvalue weighted by molar-refractivity contribution is 5.85. The fourth-order valence-corrected chi connectivity index (χ4v) is 1.53. The van der Waals surface area contributed by atoms with Gasteiger partial charge in [-0.25, -0.2) is 0 Å². The maximum absolute atomic E-state index is 5.86. The minimum atomic E-state index is 0. The van der Waals surface area contributed by atoms with Crippen molar-refractivity contribution < 1.29 is 0 Å². The molecule has 0 spiro atoms. The lowest BCUT2D eigenvalue weighted by atomic mass is 10.1. The van der Waals surface area contributed by atoms with Crippen LogP contribution in [0.15, 0.2) is 48.5 Å². The third-order valence-electron chi connectivity index (χ3n) is 2.42. The zero-order valence-corrected chi connectivity index (χ0v) is 10.2. The van der Waals surface area contributed by atoms with Crippen molar-refractivity contribution in [1.29, 1.82) is 0 Å². The highest BCUT2D eigenvalue weighted by atomic mass is 35.5. The van der Waals surface area contributed by atoms with Gasteiger partial charge in [-0.15, -0.1) is 12.4 Å². The van der Waals surface area contributed by atoms with Gasteiger partial charge in [0.2, 0.25) is 0 Å². The monoisotopic (exact) mass is 249 g/mol. The van der Waals surface area contributed by atoms with E-state index >= 15 is 0 Å². The first-order valence-electron chi connectivity index (χ1n) is 5.18. The van der Waals surface area contributed by atoms with E-state index < -0.39 is 0 Å². The summed E-state index contributed by atoms with van der Waals surface area (Å²) in [6, 6.07) is 15.5. The van der Waals surface area contributed by atoms with Gasteiger partial charge in [0.05, 0.1) is 0 Å². The van der Waals surface area contributed by atoms with Crippen LogP contribution in [0.4, 0.5) is 17.1 Å². The summed E-state index contributed by atoms with van der Waals surface area (Å²) in [4.78, 5) is 0. The van der Waals surface area contributed by atoms with E-state index in [0.717, 1.165) is 22.6 Å². The van der Waals surface area contributed by atoms with E-state index in [1.54, 1.807) is 6.07 Å². The van der Waals surface area contributed by atoms with E-state index in [4.69, 9.17) is 11.5 Å². The minimum absolute atomic E-state index is 0. The minimum Gasteiger partial charge on any atom is -0.399 e. The number of anilines is 3. The molecule has 0 aromatic heterocycles. The van der Waals surface area contributed by atoms with Crippen molar-refractivity contribution in [3.63, 3.8) is 0 Å². The maximum Gasteiger partial charge on any atom is 0.0421 e. The molecule has 5 N–H and O–H groups in total. The van der Waals surface area contributed by atoms with Gasteiger partial charge < -0.3 is 16.8 Å². The molecule has 0 saturated carbocycles. The summed E-state index contributed by atoms with van der Waals surface area (Å²) in [6.07, 6.45) is 0. The Morgan fingerprint density at radius 3 is 2.35 bits per heavy atom. The van der Waals surface area contributed by atoms with Crippen LogP contribution in [0, 0.1) is 0 Å². The molecule has 0 aliphatic heterocycles. The molecule has 17 heavy (non-hydrogen) atoms. The molecule has 0 unspecified atom stereocenters. The Morgan fingerprint density at radius 2 is 1.65 bits per heavy atom. The Kier molecular flexibility index (Phi) is 4.67. The van der Waals surface area contributed by atoms with Gasteiger partial charge in [0.15, 0.2) is 0 Å². The second-order valence-electron chi connectivity index (χ2n) is 3.68. The molecule has 2 rings (SSSR count). The van der Waals surface area contributed by atoms with E-state index in [1.807, 2.05) is 42.5 Å². The van der Waals surface area contributed by atoms with Crippen molar-refractivity contribution in [2.45, 2.75) is 6.54 Å². The Balaban J connectivity index is 0.00000144. The Labute approximate surface area is 107 Å². The first kappa shape index (κ1) is 13.2. The van der Waals surface area contributed by atoms with Gasteiger partial charge in [0.25, 0.3) is 0 Å². The number of rotatable bonds is 3. The molecule has 0 radical (unpaired) electrons. The smallest absolute Gasteiger partial charge is 0.0421 e. The van der Waals surface area contributed by atoms with E-state index in [-0.39, 0.29) is 12.4 Å². The van der Waals surface area contributed by atoms with Crippen LogP contribution >= 0.6 is 12.4 Å². The SMILES string of the molecule is Cl.Nc1ccc(N)c(CNc2ccccc2)c1. The maximum atomic E-state index is 5.86. The number of halogens is 1. The average Bonchev–Trinajstić information content (AvgIpc) is 2.32. The molecule has 90 valence electrons. The first-order valence-corrected chi connectivity index (χ1v) is 5.18. The highest BCUT2D eigenvalue weighted by Gasteiger charge is 1.99. The summed E-state index contributed by atoms with van der Waals surface area (Å²) in [7, 11) is 0. The number of para-hydroxylation sites is 1. The van der Waals surface area contributed by atoms with Gasteiger partial charge in [0, 0.05) is 23.6 Å². The number of nitrogens with two attached hydrogens (primary N) is 2. The second kappa shape index (κ2) is 6.01. The fourth-order valence-electron chi connectivity index (χ4n) is 1.53. The van der Waals surface area contributed by atoms with Crippen LogP contribution in [0.1, 0.15) is 5.56 Å². The lowest BCUT2D eigenvalue weighted by Gasteiger charge is -2.09.